The van der Waals surface area contributed by atoms with Crippen LogP contribution in [0, 0.1) is 5.92 Å². The van der Waals surface area contributed by atoms with Gasteiger partial charge < -0.3 is 20.3 Å². The molecule has 0 aliphatic heterocycles. The van der Waals surface area contributed by atoms with Crippen molar-refractivity contribution in [3.05, 3.63) is 102 Å². The predicted octanol–water partition coefficient (Wildman–Crippen LogP) is 4.98. The summed E-state index contributed by atoms with van der Waals surface area (Å²) in [6, 6.07) is 23.1. The third-order valence-corrected chi connectivity index (χ3v) is 8.90. The largest absolute Gasteiger partial charge is 0.480 e. The summed E-state index contributed by atoms with van der Waals surface area (Å²) in [4.78, 5) is 44.9. The molecule has 0 bridgehead atoms. The fourth-order valence-corrected chi connectivity index (χ4v) is 6.00. The summed E-state index contributed by atoms with van der Waals surface area (Å²) in [5.74, 6) is -0.770. The van der Waals surface area contributed by atoms with Crippen molar-refractivity contribution in [3.63, 3.8) is 0 Å². The van der Waals surface area contributed by atoms with Crippen LogP contribution < -0.4 is 10.6 Å². The number of aromatic nitrogens is 2. The standard InChI is InChI=1S/C36H45N5O4S/c1-4-26(2)33(39-34(42)19-30-22-41(25-37-30)20-27-11-6-5-7-12-27)23-40(24-35(43)38-32(36(44)45)17-18-46-3)21-29-15-10-14-28-13-8-9-16-31(28)29/h5-16,22,25-26,32-33H,4,17-21,23-24H2,1-3H3,(H,38,43)(H,39,42)(H,44,45)/t26?,32-,33+/m0/s1. The highest BCUT2D eigenvalue weighted by atomic mass is 32.2. The maximum absolute atomic E-state index is 13.3. The zero-order valence-corrected chi connectivity index (χ0v) is 27.7. The highest BCUT2D eigenvalue weighted by molar-refractivity contribution is 7.98. The minimum absolute atomic E-state index is 0.00103. The summed E-state index contributed by atoms with van der Waals surface area (Å²) in [5.41, 5.74) is 2.90. The molecule has 0 aliphatic carbocycles. The average molecular weight is 644 g/mol. The number of carboxylic acid groups (broad SMARTS) is 1. The number of benzene rings is 3. The van der Waals surface area contributed by atoms with Crippen molar-refractivity contribution < 1.29 is 19.5 Å². The van der Waals surface area contributed by atoms with E-state index in [9.17, 15) is 19.5 Å². The van der Waals surface area contributed by atoms with Crippen LogP contribution in [0.5, 0.6) is 0 Å². The number of carbonyl (C=O) groups is 3. The van der Waals surface area contributed by atoms with E-state index < -0.39 is 12.0 Å². The molecular weight excluding hydrogens is 598 g/mol. The second-order valence-corrected chi connectivity index (χ2v) is 12.8. The quantitative estimate of drug-likeness (QED) is 0.140. The Bertz CT molecular complexity index is 1570. The lowest BCUT2D eigenvalue weighted by molar-refractivity contribution is -0.142. The first-order chi connectivity index (χ1) is 22.2. The van der Waals surface area contributed by atoms with Crippen LogP contribution in [-0.4, -0.2) is 74.5 Å². The predicted molar refractivity (Wildman–Crippen MR) is 185 cm³/mol. The van der Waals surface area contributed by atoms with E-state index in [1.807, 2.05) is 64.4 Å². The van der Waals surface area contributed by atoms with Gasteiger partial charge in [-0.15, -0.1) is 0 Å². The van der Waals surface area contributed by atoms with Crippen LogP contribution in [0.3, 0.4) is 0 Å². The molecule has 0 saturated heterocycles. The normalized spacial score (nSPS) is 13.3. The van der Waals surface area contributed by atoms with Crippen LogP contribution in [0.25, 0.3) is 10.8 Å². The smallest absolute Gasteiger partial charge is 0.326 e. The van der Waals surface area contributed by atoms with Gasteiger partial charge in [0.1, 0.15) is 6.04 Å². The van der Waals surface area contributed by atoms with E-state index >= 15 is 0 Å². The molecule has 3 aromatic carbocycles. The summed E-state index contributed by atoms with van der Waals surface area (Å²) < 4.78 is 1.97. The minimum atomic E-state index is -1.04. The van der Waals surface area contributed by atoms with Gasteiger partial charge in [-0.2, -0.15) is 11.8 Å². The molecule has 9 nitrogen and oxygen atoms in total. The third kappa shape index (κ3) is 10.5. The van der Waals surface area contributed by atoms with Crippen LogP contribution in [0.4, 0.5) is 0 Å². The fourth-order valence-electron chi connectivity index (χ4n) is 5.52. The number of fused-ring (bicyclic) bond motifs is 1. The second kappa shape index (κ2) is 17.5. The van der Waals surface area contributed by atoms with Crippen LogP contribution in [0.2, 0.25) is 0 Å². The van der Waals surface area contributed by atoms with Gasteiger partial charge in [-0.25, -0.2) is 9.78 Å². The molecule has 0 fully saturated rings. The van der Waals surface area contributed by atoms with Gasteiger partial charge in [-0.1, -0.05) is 93.1 Å². The third-order valence-electron chi connectivity index (χ3n) is 8.25. The Morgan fingerprint density at radius 3 is 2.46 bits per heavy atom. The fraction of sp³-hybridized carbons (Fsp3) is 0.389. The Morgan fingerprint density at radius 1 is 0.978 bits per heavy atom. The summed E-state index contributed by atoms with van der Waals surface area (Å²) in [6.07, 6.45) is 6.88. The maximum atomic E-state index is 13.3. The molecule has 0 radical (unpaired) electrons. The van der Waals surface area contributed by atoms with Gasteiger partial charge >= 0.3 is 5.97 Å². The van der Waals surface area contributed by atoms with E-state index in [0.29, 0.717) is 37.5 Å². The van der Waals surface area contributed by atoms with Crippen LogP contribution in [-0.2, 0) is 33.9 Å². The number of thioether (sulfide) groups is 1. The van der Waals surface area contributed by atoms with Crippen molar-refractivity contribution in [3.8, 4) is 0 Å². The van der Waals surface area contributed by atoms with E-state index in [4.69, 9.17) is 0 Å². The van der Waals surface area contributed by atoms with Crippen LogP contribution >= 0.6 is 11.8 Å². The zero-order chi connectivity index (χ0) is 32.9. The number of rotatable bonds is 18. The van der Waals surface area contributed by atoms with E-state index in [1.54, 1.807) is 18.1 Å². The number of nitrogens with zero attached hydrogens (tertiary/aromatic N) is 3. The number of imidazole rings is 1. The molecule has 10 heteroatoms. The summed E-state index contributed by atoms with van der Waals surface area (Å²) in [6.45, 7) is 5.74. The van der Waals surface area contributed by atoms with E-state index in [1.165, 1.54) is 0 Å². The monoisotopic (exact) mass is 643 g/mol. The first kappa shape index (κ1) is 34.7. The van der Waals surface area contributed by atoms with Crippen molar-refractivity contribution in [1.82, 2.24) is 25.1 Å². The van der Waals surface area contributed by atoms with Gasteiger partial charge in [-0.05, 0) is 46.2 Å². The van der Waals surface area contributed by atoms with Crippen molar-refractivity contribution in [2.75, 3.05) is 25.1 Å². The number of aliphatic carboxylic acids is 1. The van der Waals surface area contributed by atoms with Gasteiger partial charge in [-0.3, -0.25) is 14.5 Å². The molecule has 4 rings (SSSR count). The first-order valence-electron chi connectivity index (χ1n) is 15.8. The van der Waals surface area contributed by atoms with Crippen molar-refractivity contribution in [1.29, 1.82) is 0 Å². The molecule has 3 N–H and O–H groups in total. The van der Waals surface area contributed by atoms with Crippen molar-refractivity contribution in [2.24, 2.45) is 5.92 Å². The molecule has 4 aromatic rings. The number of hydrogen-bond donors (Lipinski definition) is 3. The van der Waals surface area contributed by atoms with Gasteiger partial charge in [0.2, 0.25) is 11.8 Å². The summed E-state index contributed by atoms with van der Waals surface area (Å²) in [5, 5.41) is 17.8. The Kier molecular flexibility index (Phi) is 13.2. The Hall–Kier alpha value is -4.15. The molecule has 244 valence electrons. The van der Waals surface area contributed by atoms with Gasteiger partial charge in [0.15, 0.2) is 0 Å². The van der Waals surface area contributed by atoms with E-state index in [-0.39, 0.29) is 36.7 Å². The van der Waals surface area contributed by atoms with Crippen LogP contribution in [0.15, 0.2) is 85.3 Å². The van der Waals surface area contributed by atoms with E-state index in [0.717, 1.165) is 28.3 Å². The number of carboxylic acids is 1. The molecule has 46 heavy (non-hydrogen) atoms. The van der Waals surface area contributed by atoms with Crippen molar-refractivity contribution in [2.45, 2.75) is 58.3 Å². The average Bonchev–Trinajstić information content (AvgIpc) is 3.48. The lowest BCUT2D eigenvalue weighted by Crippen LogP contribution is -2.51. The number of nitrogens with one attached hydrogen (secondary N) is 2. The number of carbonyl (C=O) groups excluding carboxylic acids is 2. The van der Waals surface area contributed by atoms with Crippen molar-refractivity contribution >= 4 is 40.3 Å². The Balaban J connectivity index is 1.49. The maximum Gasteiger partial charge on any atom is 0.326 e. The molecule has 2 amide bonds. The number of amides is 2. The number of hydrogen-bond acceptors (Lipinski definition) is 6. The highest BCUT2D eigenvalue weighted by Crippen LogP contribution is 2.21. The zero-order valence-electron chi connectivity index (χ0n) is 26.9. The lowest BCUT2D eigenvalue weighted by Gasteiger charge is -2.31. The minimum Gasteiger partial charge on any atom is -0.480 e. The highest BCUT2D eigenvalue weighted by Gasteiger charge is 2.26. The first-order valence-corrected chi connectivity index (χ1v) is 17.2. The molecule has 1 heterocycles. The molecule has 0 aliphatic rings. The Labute approximate surface area is 275 Å². The second-order valence-electron chi connectivity index (χ2n) is 11.8. The molecular formula is C36H45N5O4S. The van der Waals surface area contributed by atoms with Gasteiger partial charge in [0, 0.05) is 31.9 Å². The molecule has 1 aromatic heterocycles. The SMILES string of the molecule is CCC(C)[C@@H](CN(CC(=O)N[C@@H](CCSC)C(=O)O)Cc1cccc2ccccc12)NC(=O)Cc1cn(Cc2ccccc2)cn1. The van der Waals surface area contributed by atoms with Crippen LogP contribution in [0.1, 0.15) is 43.5 Å². The Morgan fingerprint density at radius 2 is 1.72 bits per heavy atom. The summed E-state index contributed by atoms with van der Waals surface area (Å²) in [7, 11) is 0. The van der Waals surface area contributed by atoms with Gasteiger partial charge in [0.25, 0.3) is 0 Å². The lowest BCUT2D eigenvalue weighted by atomic mass is 9.97. The summed E-state index contributed by atoms with van der Waals surface area (Å²) >= 11 is 1.54. The molecule has 3 atom stereocenters. The molecule has 1 unspecified atom stereocenters. The van der Waals surface area contributed by atoms with E-state index in [2.05, 4.69) is 59.8 Å². The molecule has 0 spiro atoms. The molecule has 0 saturated carbocycles. The van der Waals surface area contributed by atoms with Gasteiger partial charge in [0.05, 0.1) is 25.0 Å². The topological polar surface area (TPSA) is 117 Å².